The Morgan fingerprint density at radius 3 is 2.90 bits per heavy atom. The quantitative estimate of drug-likeness (QED) is 0.803. The smallest absolute Gasteiger partial charge is 0.138 e. The fourth-order valence-electron chi connectivity index (χ4n) is 2.40. The van der Waals surface area contributed by atoms with Gasteiger partial charge in [-0.25, -0.2) is 9.97 Å². The number of rotatable bonds is 4. The van der Waals surface area contributed by atoms with Gasteiger partial charge >= 0.3 is 0 Å². The van der Waals surface area contributed by atoms with Crippen molar-refractivity contribution in [2.45, 2.75) is 25.4 Å². The van der Waals surface area contributed by atoms with Gasteiger partial charge < -0.3 is 5.32 Å². The average molecular weight is 299 g/mol. The summed E-state index contributed by atoms with van der Waals surface area (Å²) in [6, 6.07) is 12.5. The highest BCUT2D eigenvalue weighted by Gasteiger charge is 2.20. The Balaban J connectivity index is 1.72. The lowest BCUT2D eigenvalue weighted by atomic mass is 10.3. The largest absolute Gasteiger partial charge is 0.308 e. The highest BCUT2D eigenvalue weighted by atomic mass is 35.5. The summed E-state index contributed by atoms with van der Waals surface area (Å²) in [5, 5.41) is 4.16. The highest BCUT2D eigenvalue weighted by Crippen LogP contribution is 2.23. The van der Waals surface area contributed by atoms with Gasteiger partial charge in [0.15, 0.2) is 0 Å². The summed E-state index contributed by atoms with van der Waals surface area (Å²) in [5.74, 6) is 0.848. The van der Waals surface area contributed by atoms with Crippen LogP contribution in [-0.2, 0) is 6.54 Å². The van der Waals surface area contributed by atoms with Crippen molar-refractivity contribution in [1.29, 1.82) is 0 Å². The fraction of sp³-hybridized carbons (Fsp3) is 0.250. The van der Waals surface area contributed by atoms with E-state index in [1.54, 1.807) is 6.33 Å². The number of benzene rings is 1. The molecule has 0 radical (unpaired) electrons. The summed E-state index contributed by atoms with van der Waals surface area (Å²) >= 11 is 6.25. The number of para-hydroxylation sites is 2. The summed E-state index contributed by atoms with van der Waals surface area (Å²) in [5.41, 5.74) is 2.90. The van der Waals surface area contributed by atoms with Gasteiger partial charge in [-0.3, -0.25) is 4.57 Å². The average Bonchev–Trinajstić information content (AvgIpc) is 3.24. The standard InChI is InChI=1S/C16H15ClN4/c17-12-7-8-16(20-14(12)9-18-11-5-6-11)21-10-19-13-3-1-2-4-15(13)21/h1-4,7-8,10-11,18H,5-6,9H2. The van der Waals surface area contributed by atoms with Crippen LogP contribution >= 0.6 is 11.6 Å². The number of fused-ring (bicyclic) bond motifs is 1. The zero-order valence-corrected chi connectivity index (χ0v) is 12.2. The van der Waals surface area contributed by atoms with E-state index in [-0.39, 0.29) is 0 Å². The van der Waals surface area contributed by atoms with Gasteiger partial charge in [0.2, 0.25) is 0 Å². The molecule has 21 heavy (non-hydrogen) atoms. The van der Waals surface area contributed by atoms with Crippen molar-refractivity contribution in [3.63, 3.8) is 0 Å². The molecule has 0 saturated heterocycles. The van der Waals surface area contributed by atoms with Crippen molar-refractivity contribution in [1.82, 2.24) is 19.9 Å². The molecule has 1 aliphatic carbocycles. The van der Waals surface area contributed by atoms with Gasteiger partial charge in [0.05, 0.1) is 21.7 Å². The third-order valence-corrected chi connectivity index (χ3v) is 4.08. The number of nitrogens with one attached hydrogen (secondary N) is 1. The maximum Gasteiger partial charge on any atom is 0.138 e. The Morgan fingerprint density at radius 2 is 2.05 bits per heavy atom. The minimum atomic E-state index is 0.639. The minimum Gasteiger partial charge on any atom is -0.308 e. The first-order valence-electron chi connectivity index (χ1n) is 7.12. The van der Waals surface area contributed by atoms with Crippen LogP contribution in [0.5, 0.6) is 0 Å². The van der Waals surface area contributed by atoms with Crippen molar-refractivity contribution >= 4 is 22.6 Å². The fourth-order valence-corrected chi connectivity index (χ4v) is 2.57. The third kappa shape index (κ3) is 2.52. The molecule has 1 aliphatic rings. The van der Waals surface area contributed by atoms with E-state index in [9.17, 15) is 0 Å². The van der Waals surface area contributed by atoms with Crippen molar-refractivity contribution in [2.75, 3.05) is 0 Å². The Bertz CT molecular complexity index is 792. The number of aromatic nitrogens is 3. The second-order valence-electron chi connectivity index (χ2n) is 5.36. The lowest BCUT2D eigenvalue weighted by molar-refractivity contribution is 0.673. The van der Waals surface area contributed by atoms with Crippen LogP contribution in [-0.4, -0.2) is 20.6 Å². The van der Waals surface area contributed by atoms with E-state index < -0.39 is 0 Å². The van der Waals surface area contributed by atoms with Gasteiger partial charge in [0, 0.05) is 12.6 Å². The molecule has 2 heterocycles. The van der Waals surface area contributed by atoms with Crippen LogP contribution in [0.1, 0.15) is 18.5 Å². The summed E-state index contributed by atoms with van der Waals surface area (Å²) in [6.45, 7) is 0.712. The molecular weight excluding hydrogens is 284 g/mol. The van der Waals surface area contributed by atoms with E-state index in [0.717, 1.165) is 22.5 Å². The van der Waals surface area contributed by atoms with Gasteiger partial charge in [0.25, 0.3) is 0 Å². The molecule has 0 unspecified atom stereocenters. The topological polar surface area (TPSA) is 42.7 Å². The van der Waals surface area contributed by atoms with E-state index in [0.29, 0.717) is 17.6 Å². The molecule has 1 aromatic carbocycles. The zero-order chi connectivity index (χ0) is 14.2. The van der Waals surface area contributed by atoms with Gasteiger partial charge in [-0.2, -0.15) is 0 Å². The molecule has 106 valence electrons. The van der Waals surface area contributed by atoms with Crippen LogP contribution in [0.4, 0.5) is 0 Å². The Kier molecular flexibility index (Phi) is 3.13. The molecule has 2 aromatic heterocycles. The monoisotopic (exact) mass is 298 g/mol. The predicted octanol–water partition coefficient (Wildman–Crippen LogP) is 3.33. The van der Waals surface area contributed by atoms with E-state index in [2.05, 4.69) is 10.3 Å². The van der Waals surface area contributed by atoms with E-state index >= 15 is 0 Å². The minimum absolute atomic E-state index is 0.639. The normalized spacial score (nSPS) is 14.7. The van der Waals surface area contributed by atoms with Gasteiger partial charge in [0.1, 0.15) is 12.1 Å². The van der Waals surface area contributed by atoms with Crippen LogP contribution in [0.3, 0.4) is 0 Å². The van der Waals surface area contributed by atoms with Gasteiger partial charge in [-0.1, -0.05) is 23.7 Å². The lowest BCUT2D eigenvalue weighted by Crippen LogP contribution is -2.17. The molecule has 0 spiro atoms. The number of imidazole rings is 1. The molecule has 4 nitrogen and oxygen atoms in total. The molecule has 0 atom stereocenters. The first kappa shape index (κ1) is 12.8. The van der Waals surface area contributed by atoms with Crippen LogP contribution < -0.4 is 5.32 Å². The number of halogens is 1. The van der Waals surface area contributed by atoms with Crippen molar-refractivity contribution < 1.29 is 0 Å². The molecule has 5 heteroatoms. The Morgan fingerprint density at radius 1 is 1.19 bits per heavy atom. The molecule has 0 aliphatic heterocycles. The van der Waals surface area contributed by atoms with E-state index in [1.165, 1.54) is 12.8 Å². The molecule has 1 saturated carbocycles. The SMILES string of the molecule is Clc1ccc(-n2cnc3ccccc32)nc1CNC1CC1. The molecule has 1 N–H and O–H groups in total. The number of nitrogens with zero attached hydrogens (tertiary/aromatic N) is 3. The molecule has 0 amide bonds. The van der Waals surface area contributed by atoms with Crippen LogP contribution in [0.25, 0.3) is 16.9 Å². The summed E-state index contributed by atoms with van der Waals surface area (Å²) in [7, 11) is 0. The predicted molar refractivity (Wildman–Crippen MR) is 83.7 cm³/mol. The molecule has 1 fully saturated rings. The van der Waals surface area contributed by atoms with Crippen molar-refractivity contribution in [3.8, 4) is 5.82 Å². The number of hydrogen-bond donors (Lipinski definition) is 1. The van der Waals surface area contributed by atoms with E-state index in [4.69, 9.17) is 16.6 Å². The third-order valence-electron chi connectivity index (χ3n) is 3.74. The Labute approximate surface area is 127 Å². The van der Waals surface area contributed by atoms with Crippen LogP contribution in [0.15, 0.2) is 42.7 Å². The second-order valence-corrected chi connectivity index (χ2v) is 5.76. The summed E-state index contributed by atoms with van der Waals surface area (Å²) < 4.78 is 1.99. The summed E-state index contributed by atoms with van der Waals surface area (Å²) in [4.78, 5) is 9.10. The van der Waals surface area contributed by atoms with Crippen LogP contribution in [0, 0.1) is 0 Å². The second kappa shape index (κ2) is 5.13. The van der Waals surface area contributed by atoms with Crippen molar-refractivity contribution in [3.05, 3.63) is 53.4 Å². The van der Waals surface area contributed by atoms with E-state index in [1.807, 2.05) is 41.0 Å². The molecular formula is C16H15ClN4. The molecule has 3 aromatic rings. The first-order valence-corrected chi connectivity index (χ1v) is 7.50. The van der Waals surface area contributed by atoms with Gasteiger partial charge in [-0.05, 0) is 37.1 Å². The molecule has 0 bridgehead atoms. The first-order chi connectivity index (χ1) is 10.3. The number of pyridine rings is 1. The van der Waals surface area contributed by atoms with Gasteiger partial charge in [-0.15, -0.1) is 0 Å². The molecule has 4 rings (SSSR count). The van der Waals surface area contributed by atoms with Crippen LogP contribution in [0.2, 0.25) is 5.02 Å². The lowest BCUT2D eigenvalue weighted by Gasteiger charge is -2.09. The summed E-state index contributed by atoms with van der Waals surface area (Å²) in [6.07, 6.45) is 4.31. The maximum atomic E-state index is 6.25. The van der Waals surface area contributed by atoms with Crippen molar-refractivity contribution in [2.24, 2.45) is 0 Å². The Hall–Kier alpha value is -1.91. The zero-order valence-electron chi connectivity index (χ0n) is 11.5. The highest BCUT2D eigenvalue weighted by molar-refractivity contribution is 6.31. The number of hydrogen-bond acceptors (Lipinski definition) is 3. The maximum absolute atomic E-state index is 6.25.